The van der Waals surface area contributed by atoms with Crippen LogP contribution in [0.5, 0.6) is 0 Å². The molecular formula is C18H21BrN4O. The maximum atomic E-state index is 12.7. The minimum absolute atomic E-state index is 0.144. The number of carbonyl (C=O) groups excluding carboxylic acids is 1. The number of carbonyl (C=O) groups is 1. The van der Waals surface area contributed by atoms with Gasteiger partial charge in [-0.2, -0.15) is 5.10 Å². The molecule has 1 aromatic heterocycles. The van der Waals surface area contributed by atoms with E-state index in [4.69, 9.17) is 0 Å². The number of hydrogen-bond donors (Lipinski definition) is 1. The zero-order valence-corrected chi connectivity index (χ0v) is 15.5. The van der Waals surface area contributed by atoms with Crippen molar-refractivity contribution in [2.75, 3.05) is 26.2 Å². The maximum Gasteiger partial charge on any atom is 0.253 e. The fourth-order valence-corrected chi connectivity index (χ4v) is 4.07. The molecule has 2 aliphatic heterocycles. The Labute approximate surface area is 150 Å². The molecule has 1 N–H and O–H groups in total. The van der Waals surface area contributed by atoms with Crippen LogP contribution >= 0.6 is 15.9 Å². The highest BCUT2D eigenvalue weighted by Gasteiger charge is 2.38. The fourth-order valence-electron chi connectivity index (χ4n) is 3.82. The van der Waals surface area contributed by atoms with Gasteiger partial charge in [0.2, 0.25) is 0 Å². The predicted octanol–water partition coefficient (Wildman–Crippen LogP) is 2.54. The van der Waals surface area contributed by atoms with Crippen LogP contribution in [0.2, 0.25) is 0 Å². The fraction of sp³-hybridized carbons (Fsp3) is 0.444. The lowest BCUT2D eigenvalue weighted by Crippen LogP contribution is -2.31. The molecule has 2 aliphatic rings. The van der Waals surface area contributed by atoms with E-state index < -0.39 is 0 Å². The lowest BCUT2D eigenvalue weighted by molar-refractivity contribution is 0.0781. The number of rotatable bonds is 2. The molecule has 0 unspecified atom stereocenters. The number of hydrogen-bond acceptors (Lipinski definition) is 3. The van der Waals surface area contributed by atoms with E-state index in [9.17, 15) is 4.79 Å². The molecule has 5 nitrogen and oxygen atoms in total. The van der Waals surface area contributed by atoms with Gasteiger partial charge in [-0.15, -0.1) is 0 Å². The zero-order chi connectivity index (χ0) is 16.8. The van der Waals surface area contributed by atoms with E-state index in [1.165, 1.54) is 0 Å². The zero-order valence-electron chi connectivity index (χ0n) is 13.9. The van der Waals surface area contributed by atoms with Crippen molar-refractivity contribution in [1.82, 2.24) is 20.0 Å². The van der Waals surface area contributed by atoms with Gasteiger partial charge in [0.25, 0.3) is 5.91 Å². The van der Waals surface area contributed by atoms with E-state index >= 15 is 0 Å². The maximum absolute atomic E-state index is 12.7. The third kappa shape index (κ3) is 2.58. The van der Waals surface area contributed by atoms with Crippen LogP contribution in [-0.2, 0) is 0 Å². The van der Waals surface area contributed by atoms with Gasteiger partial charge in [-0.05, 0) is 65.9 Å². The Balaban J connectivity index is 1.53. The Morgan fingerprint density at radius 2 is 1.79 bits per heavy atom. The number of amides is 1. The molecule has 0 bridgehead atoms. The van der Waals surface area contributed by atoms with Crippen LogP contribution in [0.3, 0.4) is 0 Å². The van der Waals surface area contributed by atoms with Crippen LogP contribution in [0, 0.1) is 25.7 Å². The average molecular weight is 389 g/mol. The highest BCUT2D eigenvalue weighted by atomic mass is 79.9. The number of nitrogens with one attached hydrogen (secondary N) is 1. The summed E-state index contributed by atoms with van der Waals surface area (Å²) in [6.07, 6.45) is 0. The summed E-state index contributed by atoms with van der Waals surface area (Å²) in [5.74, 6) is 1.39. The Bertz CT molecular complexity index is 771. The highest BCUT2D eigenvalue weighted by Crippen LogP contribution is 2.28. The molecule has 6 heteroatoms. The first-order valence-electron chi connectivity index (χ1n) is 8.36. The van der Waals surface area contributed by atoms with Crippen LogP contribution in [0.4, 0.5) is 0 Å². The Hall–Kier alpha value is -1.66. The molecule has 0 aliphatic carbocycles. The summed E-state index contributed by atoms with van der Waals surface area (Å²) in [4.78, 5) is 14.7. The predicted molar refractivity (Wildman–Crippen MR) is 96.5 cm³/mol. The summed E-state index contributed by atoms with van der Waals surface area (Å²) in [6, 6.07) is 7.76. The molecule has 1 aromatic carbocycles. The van der Waals surface area contributed by atoms with Crippen LogP contribution in [-0.4, -0.2) is 46.8 Å². The van der Waals surface area contributed by atoms with Crippen LogP contribution in [0.1, 0.15) is 21.7 Å². The lowest BCUT2D eigenvalue weighted by atomic mass is 10.0. The second-order valence-corrected chi connectivity index (χ2v) is 7.63. The van der Waals surface area contributed by atoms with E-state index in [-0.39, 0.29) is 5.91 Å². The lowest BCUT2D eigenvalue weighted by Gasteiger charge is -2.17. The van der Waals surface area contributed by atoms with Crippen LogP contribution < -0.4 is 5.32 Å². The molecule has 1 amide bonds. The number of benzene rings is 1. The largest absolute Gasteiger partial charge is 0.338 e. The number of aromatic nitrogens is 2. The van der Waals surface area contributed by atoms with E-state index in [1.54, 1.807) is 0 Å². The molecule has 4 rings (SSSR count). The van der Waals surface area contributed by atoms with Gasteiger partial charge in [0.15, 0.2) is 0 Å². The van der Waals surface area contributed by atoms with Gasteiger partial charge in [0, 0.05) is 31.7 Å². The minimum Gasteiger partial charge on any atom is -0.338 e. The topological polar surface area (TPSA) is 50.2 Å². The Morgan fingerprint density at radius 1 is 1.17 bits per heavy atom. The van der Waals surface area contributed by atoms with Gasteiger partial charge in [-0.25, -0.2) is 4.68 Å². The molecule has 2 aromatic rings. The first-order chi connectivity index (χ1) is 11.5. The first-order valence-corrected chi connectivity index (χ1v) is 9.16. The van der Waals surface area contributed by atoms with E-state index in [2.05, 4.69) is 26.3 Å². The Kier molecular flexibility index (Phi) is 3.96. The second-order valence-electron chi connectivity index (χ2n) is 6.83. The van der Waals surface area contributed by atoms with Crippen molar-refractivity contribution in [3.63, 3.8) is 0 Å². The average Bonchev–Trinajstić information content (AvgIpc) is 3.25. The quantitative estimate of drug-likeness (QED) is 0.859. The SMILES string of the molecule is Cc1nn(-c2ccc(C(=O)N3C[C@H]4CNC[C@H]4C3)cc2)c(C)c1Br. The summed E-state index contributed by atoms with van der Waals surface area (Å²) in [5, 5.41) is 7.95. The van der Waals surface area contributed by atoms with Crippen molar-refractivity contribution in [3.8, 4) is 5.69 Å². The summed E-state index contributed by atoms with van der Waals surface area (Å²) < 4.78 is 2.93. The van der Waals surface area contributed by atoms with E-state index in [0.717, 1.165) is 53.3 Å². The van der Waals surface area contributed by atoms with E-state index in [0.29, 0.717) is 11.8 Å². The number of fused-ring (bicyclic) bond motifs is 1. The van der Waals surface area contributed by atoms with E-state index in [1.807, 2.05) is 47.7 Å². The van der Waals surface area contributed by atoms with Crippen molar-refractivity contribution < 1.29 is 4.79 Å². The Morgan fingerprint density at radius 3 is 2.33 bits per heavy atom. The summed E-state index contributed by atoms with van der Waals surface area (Å²) >= 11 is 3.55. The standard InChI is InChI=1S/C18H21BrN4O/c1-11-17(19)12(2)23(21-11)16-5-3-13(4-6-16)18(24)22-9-14-7-20-8-15(14)10-22/h3-6,14-15,20H,7-10H2,1-2H3/t14-,15+. The van der Waals surface area contributed by atoms with Crippen molar-refractivity contribution in [2.24, 2.45) is 11.8 Å². The summed E-state index contributed by atoms with van der Waals surface area (Å²) in [6.45, 7) is 7.84. The third-order valence-corrected chi connectivity index (χ3v) is 6.39. The third-order valence-electron chi connectivity index (χ3n) is 5.24. The van der Waals surface area contributed by atoms with Crippen molar-refractivity contribution in [1.29, 1.82) is 0 Å². The molecule has 2 saturated heterocycles. The molecule has 0 saturated carbocycles. The van der Waals surface area contributed by atoms with Gasteiger partial charge in [-0.1, -0.05) is 0 Å². The van der Waals surface area contributed by atoms with Crippen molar-refractivity contribution in [2.45, 2.75) is 13.8 Å². The number of aryl methyl sites for hydroxylation is 1. The van der Waals surface area contributed by atoms with Gasteiger partial charge >= 0.3 is 0 Å². The monoisotopic (exact) mass is 388 g/mol. The molecule has 2 atom stereocenters. The highest BCUT2D eigenvalue weighted by molar-refractivity contribution is 9.10. The molecular weight excluding hydrogens is 368 g/mol. The second kappa shape index (κ2) is 6.01. The molecule has 126 valence electrons. The van der Waals surface area contributed by atoms with Crippen LogP contribution in [0.15, 0.2) is 28.7 Å². The number of nitrogens with zero attached hydrogens (tertiary/aromatic N) is 3. The molecule has 24 heavy (non-hydrogen) atoms. The number of likely N-dealkylation sites (tertiary alicyclic amines) is 1. The summed E-state index contributed by atoms with van der Waals surface area (Å²) in [5.41, 5.74) is 3.75. The molecule has 0 radical (unpaired) electrons. The summed E-state index contributed by atoms with van der Waals surface area (Å²) in [7, 11) is 0. The van der Waals surface area contributed by atoms with Gasteiger partial charge in [-0.3, -0.25) is 4.79 Å². The van der Waals surface area contributed by atoms with Gasteiger partial charge in [0.05, 0.1) is 21.5 Å². The van der Waals surface area contributed by atoms with Crippen LogP contribution in [0.25, 0.3) is 5.69 Å². The van der Waals surface area contributed by atoms with Crippen molar-refractivity contribution >= 4 is 21.8 Å². The van der Waals surface area contributed by atoms with Gasteiger partial charge < -0.3 is 10.2 Å². The molecule has 0 spiro atoms. The smallest absolute Gasteiger partial charge is 0.253 e. The normalized spacial score (nSPS) is 22.9. The number of halogens is 1. The minimum atomic E-state index is 0.144. The first kappa shape index (κ1) is 15.8. The van der Waals surface area contributed by atoms with Gasteiger partial charge in [0.1, 0.15) is 0 Å². The molecule has 3 heterocycles. The molecule has 2 fully saturated rings. The van der Waals surface area contributed by atoms with Crippen molar-refractivity contribution in [3.05, 3.63) is 45.7 Å².